The number of phenols is 1. The lowest BCUT2D eigenvalue weighted by atomic mass is 9.95. The minimum atomic E-state index is -0.520. The van der Waals surface area contributed by atoms with Crippen molar-refractivity contribution in [1.82, 2.24) is 16.0 Å². The summed E-state index contributed by atoms with van der Waals surface area (Å²) < 4.78 is 5.23. The van der Waals surface area contributed by atoms with E-state index >= 15 is 0 Å². The smallest absolute Gasteiger partial charge is 0.407 e. The third kappa shape index (κ3) is 5.63. The molecule has 0 fully saturated rings. The molecule has 1 amide bonds. The summed E-state index contributed by atoms with van der Waals surface area (Å²) in [6, 6.07) is 6.97. The molecule has 4 N–H and O–H groups in total. The zero-order valence-electron chi connectivity index (χ0n) is 15.0. The summed E-state index contributed by atoms with van der Waals surface area (Å²) in [4.78, 5) is 11.7. The van der Waals surface area contributed by atoms with E-state index in [2.05, 4.69) is 16.0 Å². The molecule has 2 rings (SSSR count). The fourth-order valence-corrected chi connectivity index (χ4v) is 2.83. The van der Waals surface area contributed by atoms with Gasteiger partial charge in [0.1, 0.15) is 11.4 Å². The highest BCUT2D eigenvalue weighted by Crippen LogP contribution is 2.28. The Balaban J connectivity index is 2.04. The molecule has 6 nitrogen and oxygen atoms in total. The third-order valence-electron chi connectivity index (χ3n) is 3.70. The Labute approximate surface area is 153 Å². The van der Waals surface area contributed by atoms with Crippen LogP contribution < -0.4 is 16.0 Å². The first-order valence-electron chi connectivity index (χ1n) is 8.18. The van der Waals surface area contributed by atoms with Crippen molar-refractivity contribution in [2.75, 3.05) is 6.54 Å². The molecule has 1 aliphatic rings. The molecular formula is C18H25N3O3S. The van der Waals surface area contributed by atoms with Gasteiger partial charge in [-0.05, 0) is 63.2 Å². The quantitative estimate of drug-likeness (QED) is 0.616. The molecule has 25 heavy (non-hydrogen) atoms. The van der Waals surface area contributed by atoms with Crippen molar-refractivity contribution in [2.24, 2.45) is 0 Å². The number of aromatic hydroxyl groups is 1. The Kier molecular flexibility index (Phi) is 5.89. The maximum Gasteiger partial charge on any atom is 0.407 e. The summed E-state index contributed by atoms with van der Waals surface area (Å²) in [5.41, 5.74) is 2.42. The number of thiocarbonyl (C=S) groups is 1. The van der Waals surface area contributed by atoms with E-state index in [-0.39, 0.29) is 11.8 Å². The Morgan fingerprint density at radius 3 is 2.76 bits per heavy atom. The second-order valence-electron chi connectivity index (χ2n) is 6.97. The van der Waals surface area contributed by atoms with Gasteiger partial charge < -0.3 is 25.8 Å². The van der Waals surface area contributed by atoms with Crippen LogP contribution in [0.3, 0.4) is 0 Å². The zero-order valence-corrected chi connectivity index (χ0v) is 15.8. The summed E-state index contributed by atoms with van der Waals surface area (Å²) in [6.07, 6.45) is 0.161. The van der Waals surface area contributed by atoms with Gasteiger partial charge in [0.15, 0.2) is 5.11 Å². The first-order chi connectivity index (χ1) is 11.7. The summed E-state index contributed by atoms with van der Waals surface area (Å²) in [5, 5.41) is 19.3. The molecule has 0 bridgehead atoms. The molecule has 0 aromatic heterocycles. The topological polar surface area (TPSA) is 82.6 Å². The Morgan fingerprint density at radius 2 is 2.12 bits per heavy atom. The predicted octanol–water partition coefficient (Wildman–Crippen LogP) is 3.10. The zero-order chi connectivity index (χ0) is 18.6. The molecular weight excluding hydrogens is 338 g/mol. The molecule has 1 aromatic carbocycles. The summed E-state index contributed by atoms with van der Waals surface area (Å²) in [5.74, 6) is 0.213. The summed E-state index contributed by atoms with van der Waals surface area (Å²) in [7, 11) is 0. The number of hydrogen-bond donors (Lipinski definition) is 4. The van der Waals surface area contributed by atoms with Gasteiger partial charge in [-0.25, -0.2) is 4.79 Å². The van der Waals surface area contributed by atoms with E-state index in [4.69, 9.17) is 17.0 Å². The van der Waals surface area contributed by atoms with Crippen molar-refractivity contribution in [2.45, 2.75) is 45.8 Å². The average molecular weight is 363 g/mol. The Morgan fingerprint density at radius 1 is 1.40 bits per heavy atom. The SMILES string of the molecule is CC1=C(CCNC(=O)OC(C)(C)C)NC(=S)NC1c1cccc(O)c1. The van der Waals surface area contributed by atoms with E-state index in [0.29, 0.717) is 18.1 Å². The number of carbonyl (C=O) groups is 1. The number of carbonyl (C=O) groups excluding carboxylic acids is 1. The molecule has 0 spiro atoms. The molecule has 1 atom stereocenters. The summed E-state index contributed by atoms with van der Waals surface area (Å²) >= 11 is 5.29. The van der Waals surface area contributed by atoms with Crippen LogP contribution in [0.4, 0.5) is 4.79 Å². The van der Waals surface area contributed by atoms with Crippen LogP contribution in [0.1, 0.15) is 45.7 Å². The van der Waals surface area contributed by atoms with Crippen LogP contribution >= 0.6 is 12.2 Å². The Hall–Kier alpha value is -2.28. The number of amides is 1. The highest BCUT2D eigenvalue weighted by Gasteiger charge is 2.24. The van der Waals surface area contributed by atoms with E-state index in [1.54, 1.807) is 18.2 Å². The normalized spacial score (nSPS) is 17.6. The van der Waals surface area contributed by atoms with Crippen molar-refractivity contribution < 1.29 is 14.6 Å². The van der Waals surface area contributed by atoms with Gasteiger partial charge in [0.05, 0.1) is 6.04 Å². The number of rotatable bonds is 4. The molecule has 1 heterocycles. The van der Waals surface area contributed by atoms with Crippen LogP contribution in [-0.2, 0) is 4.74 Å². The first-order valence-corrected chi connectivity index (χ1v) is 8.59. The minimum Gasteiger partial charge on any atom is -0.508 e. The number of alkyl carbamates (subject to hydrolysis) is 1. The lowest BCUT2D eigenvalue weighted by molar-refractivity contribution is 0.0528. The van der Waals surface area contributed by atoms with Gasteiger partial charge in [-0.15, -0.1) is 0 Å². The van der Waals surface area contributed by atoms with Gasteiger partial charge in [-0.1, -0.05) is 12.1 Å². The molecule has 1 unspecified atom stereocenters. The van der Waals surface area contributed by atoms with E-state index in [1.165, 1.54) is 0 Å². The highest BCUT2D eigenvalue weighted by atomic mass is 32.1. The van der Waals surface area contributed by atoms with Gasteiger partial charge in [-0.3, -0.25) is 0 Å². The predicted molar refractivity (Wildman–Crippen MR) is 101 cm³/mol. The Bertz CT molecular complexity index is 695. The highest BCUT2D eigenvalue weighted by molar-refractivity contribution is 7.80. The van der Waals surface area contributed by atoms with Gasteiger partial charge in [0.2, 0.25) is 0 Å². The molecule has 0 saturated heterocycles. The number of benzene rings is 1. The number of phenolic OH excluding ortho intramolecular Hbond substituents is 1. The van der Waals surface area contributed by atoms with Crippen molar-refractivity contribution >= 4 is 23.4 Å². The molecule has 0 saturated carbocycles. The van der Waals surface area contributed by atoms with Crippen molar-refractivity contribution in [1.29, 1.82) is 0 Å². The molecule has 0 radical (unpaired) electrons. The fraction of sp³-hybridized carbons (Fsp3) is 0.444. The van der Waals surface area contributed by atoms with Crippen LogP contribution in [0, 0.1) is 0 Å². The van der Waals surface area contributed by atoms with E-state index in [0.717, 1.165) is 16.8 Å². The van der Waals surface area contributed by atoms with Crippen molar-refractivity contribution in [3.63, 3.8) is 0 Å². The van der Waals surface area contributed by atoms with Gasteiger partial charge >= 0.3 is 6.09 Å². The molecule has 136 valence electrons. The maximum atomic E-state index is 11.7. The van der Waals surface area contributed by atoms with E-state index in [1.807, 2.05) is 33.8 Å². The van der Waals surface area contributed by atoms with Gasteiger partial charge in [0.25, 0.3) is 0 Å². The number of hydrogen-bond acceptors (Lipinski definition) is 4. The standard InChI is InChI=1S/C18H25N3O3S/c1-11-14(8-9-19-17(23)24-18(2,3)4)20-16(25)21-15(11)12-6-5-7-13(22)10-12/h5-7,10,15,22H,8-9H2,1-4H3,(H,19,23)(H2,20,21,25). The molecule has 0 aliphatic carbocycles. The van der Waals surface area contributed by atoms with Gasteiger partial charge in [0, 0.05) is 18.7 Å². The molecule has 1 aliphatic heterocycles. The van der Waals surface area contributed by atoms with Crippen LogP contribution in [0.5, 0.6) is 5.75 Å². The van der Waals surface area contributed by atoms with Crippen LogP contribution in [0.2, 0.25) is 0 Å². The molecule has 7 heteroatoms. The molecule has 1 aromatic rings. The summed E-state index contributed by atoms with van der Waals surface area (Å²) in [6.45, 7) is 7.91. The van der Waals surface area contributed by atoms with Crippen LogP contribution in [0.25, 0.3) is 0 Å². The monoisotopic (exact) mass is 363 g/mol. The third-order valence-corrected chi connectivity index (χ3v) is 3.92. The van der Waals surface area contributed by atoms with Crippen molar-refractivity contribution in [3.05, 3.63) is 41.1 Å². The largest absolute Gasteiger partial charge is 0.508 e. The lowest BCUT2D eigenvalue weighted by Crippen LogP contribution is -2.44. The van der Waals surface area contributed by atoms with E-state index in [9.17, 15) is 9.90 Å². The van der Waals surface area contributed by atoms with Crippen molar-refractivity contribution in [3.8, 4) is 5.75 Å². The van der Waals surface area contributed by atoms with Gasteiger partial charge in [-0.2, -0.15) is 0 Å². The van der Waals surface area contributed by atoms with Crippen LogP contribution in [0.15, 0.2) is 35.5 Å². The average Bonchev–Trinajstić information content (AvgIpc) is 2.48. The second-order valence-corrected chi connectivity index (χ2v) is 7.37. The van der Waals surface area contributed by atoms with Crippen LogP contribution in [-0.4, -0.2) is 28.5 Å². The second kappa shape index (κ2) is 7.74. The fourth-order valence-electron chi connectivity index (χ4n) is 2.59. The van der Waals surface area contributed by atoms with E-state index < -0.39 is 11.7 Å². The minimum absolute atomic E-state index is 0.114. The number of ether oxygens (including phenoxy) is 1. The number of nitrogens with one attached hydrogen (secondary N) is 3. The maximum absolute atomic E-state index is 11.7. The lowest BCUT2D eigenvalue weighted by Gasteiger charge is -2.31. The first kappa shape index (κ1) is 19.1.